The largest absolute Gasteiger partial charge is 0.321 e. The minimum atomic E-state index is -0.264. The molecule has 4 heteroatoms. The average molecular weight is 144 g/mol. The lowest BCUT2D eigenvalue weighted by Gasteiger charge is -2.03. The Morgan fingerprint density at radius 1 is 1.78 bits per heavy atom. The third-order valence-corrected chi connectivity index (χ3v) is 1.29. The first kappa shape index (κ1) is 6.29. The molecule has 48 valence electrons. The lowest BCUT2D eigenvalue weighted by molar-refractivity contribution is 1.19. The smallest absolute Gasteiger partial charge is 0.169 e. The van der Waals surface area contributed by atoms with Gasteiger partial charge in [0, 0.05) is 6.21 Å². The maximum atomic E-state index is 5.67. The van der Waals surface area contributed by atoms with E-state index in [1.54, 1.807) is 18.4 Å². The summed E-state index contributed by atoms with van der Waals surface area (Å²) < 4.78 is 0. The summed E-state index contributed by atoms with van der Waals surface area (Å²) in [6, 6.07) is 0. The van der Waals surface area contributed by atoms with Gasteiger partial charge in [-0.1, -0.05) is 6.08 Å². The van der Waals surface area contributed by atoms with Gasteiger partial charge in [-0.2, -0.15) is 5.10 Å². The summed E-state index contributed by atoms with van der Waals surface area (Å²) in [6.07, 6.45) is 5.12. The summed E-state index contributed by atoms with van der Waals surface area (Å²) in [5.74, 6) is 5.41. The van der Waals surface area contributed by atoms with Crippen LogP contribution in [0.5, 0.6) is 0 Å². The zero-order chi connectivity index (χ0) is 6.69. The van der Waals surface area contributed by atoms with Crippen molar-refractivity contribution in [3.05, 3.63) is 12.2 Å². The van der Waals surface area contributed by atoms with Gasteiger partial charge in [0.05, 0.1) is 0 Å². The number of alkyl halides is 1. The second-order valence-electron chi connectivity index (χ2n) is 1.55. The summed E-state index contributed by atoms with van der Waals surface area (Å²) in [6.45, 7) is 0. The molecule has 3 nitrogen and oxygen atoms in total. The highest BCUT2D eigenvalue weighted by Gasteiger charge is 2.08. The van der Waals surface area contributed by atoms with Crippen molar-refractivity contribution in [2.75, 3.05) is 0 Å². The van der Waals surface area contributed by atoms with Crippen molar-refractivity contribution in [1.29, 1.82) is 0 Å². The normalized spacial score (nSPS) is 29.4. The van der Waals surface area contributed by atoms with E-state index in [0.717, 1.165) is 0 Å². The maximum Gasteiger partial charge on any atom is 0.169 e. The monoisotopic (exact) mass is 143 g/mol. The molecule has 0 bridgehead atoms. The number of hydrazone groups is 1. The fraction of sp³-hybridized carbons (Fsp3) is 0.200. The minimum Gasteiger partial charge on any atom is -0.321 e. The van der Waals surface area contributed by atoms with Gasteiger partial charge in [0.25, 0.3) is 0 Å². The molecule has 0 aromatic carbocycles. The first-order valence-corrected chi connectivity index (χ1v) is 2.91. The van der Waals surface area contributed by atoms with Crippen LogP contribution in [0.2, 0.25) is 0 Å². The molecular weight excluding hydrogens is 138 g/mol. The lowest BCUT2D eigenvalue weighted by atomic mass is 10.3. The lowest BCUT2D eigenvalue weighted by Crippen LogP contribution is -2.14. The van der Waals surface area contributed by atoms with Gasteiger partial charge in [0.15, 0.2) is 5.84 Å². The van der Waals surface area contributed by atoms with Gasteiger partial charge in [-0.15, -0.1) is 11.6 Å². The number of hydrogen-bond donors (Lipinski definition) is 1. The van der Waals surface area contributed by atoms with E-state index in [9.17, 15) is 0 Å². The Morgan fingerprint density at radius 3 is 3.00 bits per heavy atom. The van der Waals surface area contributed by atoms with Gasteiger partial charge >= 0.3 is 0 Å². The van der Waals surface area contributed by atoms with Gasteiger partial charge in [-0.05, 0) is 6.08 Å². The fourth-order valence-electron chi connectivity index (χ4n) is 0.528. The van der Waals surface area contributed by atoms with Crippen LogP contribution in [0.25, 0.3) is 0 Å². The Kier molecular flexibility index (Phi) is 1.85. The zero-order valence-corrected chi connectivity index (χ0v) is 5.42. The van der Waals surface area contributed by atoms with E-state index < -0.39 is 0 Å². The Balaban J connectivity index is 2.78. The van der Waals surface area contributed by atoms with Crippen LogP contribution in [0.1, 0.15) is 0 Å². The Bertz CT molecular complexity index is 183. The first-order valence-electron chi connectivity index (χ1n) is 2.47. The third-order valence-electron chi connectivity index (χ3n) is 0.952. The molecule has 1 atom stereocenters. The molecule has 1 rings (SSSR count). The van der Waals surface area contributed by atoms with Crippen LogP contribution in [0.4, 0.5) is 0 Å². The first-order chi connectivity index (χ1) is 4.34. The number of nitrogens with zero attached hydrogens (tertiary/aromatic N) is 2. The second kappa shape index (κ2) is 2.64. The van der Waals surface area contributed by atoms with E-state index in [1.165, 1.54) is 0 Å². The number of hydrogen-bond acceptors (Lipinski definition) is 2. The molecule has 0 spiro atoms. The number of aliphatic imine (C=N–C) groups is 1. The maximum absolute atomic E-state index is 5.67. The molecule has 1 aliphatic heterocycles. The fourth-order valence-corrected chi connectivity index (χ4v) is 0.725. The van der Waals surface area contributed by atoms with Crippen LogP contribution in [0.15, 0.2) is 22.2 Å². The molecule has 0 amide bonds. The minimum absolute atomic E-state index is 0.264. The van der Waals surface area contributed by atoms with Crippen molar-refractivity contribution < 1.29 is 0 Å². The number of allylic oxidation sites excluding steroid dienone is 1. The van der Waals surface area contributed by atoms with Crippen LogP contribution >= 0.6 is 11.6 Å². The average Bonchev–Trinajstić information content (AvgIpc) is 1.89. The molecule has 1 unspecified atom stereocenters. The molecule has 2 N–H and O–H groups in total. The quantitative estimate of drug-likeness (QED) is 0.300. The number of rotatable bonds is 0. The molecule has 0 saturated carbocycles. The molecule has 0 radical (unpaired) electrons. The number of nitrogens with two attached hydrogens (primary N) is 1. The predicted octanol–water partition coefficient (Wildman–Crippen LogP) is 0.507. The summed E-state index contributed by atoms with van der Waals surface area (Å²) in [7, 11) is 0. The SMILES string of the molecule is N/N=C1\N=CC=CC1Cl. The second-order valence-corrected chi connectivity index (χ2v) is 2.02. The van der Waals surface area contributed by atoms with Crippen molar-refractivity contribution in [3.63, 3.8) is 0 Å². The van der Waals surface area contributed by atoms with Gasteiger partial charge in [0.1, 0.15) is 5.38 Å². The molecule has 1 aliphatic rings. The molecule has 1 heterocycles. The molecule has 9 heavy (non-hydrogen) atoms. The summed E-state index contributed by atoms with van der Waals surface area (Å²) in [5.41, 5.74) is 0. The van der Waals surface area contributed by atoms with Crippen molar-refractivity contribution in [2.24, 2.45) is 15.9 Å². The highest BCUT2D eigenvalue weighted by Crippen LogP contribution is 2.04. The van der Waals surface area contributed by atoms with Gasteiger partial charge in [-0.25, -0.2) is 4.99 Å². The van der Waals surface area contributed by atoms with Crippen molar-refractivity contribution in [2.45, 2.75) is 5.38 Å². The van der Waals surface area contributed by atoms with Crippen molar-refractivity contribution in [1.82, 2.24) is 0 Å². The molecule has 0 aliphatic carbocycles. The van der Waals surface area contributed by atoms with Gasteiger partial charge < -0.3 is 5.84 Å². The number of amidine groups is 1. The zero-order valence-electron chi connectivity index (χ0n) is 4.66. The van der Waals surface area contributed by atoms with E-state index >= 15 is 0 Å². The third kappa shape index (κ3) is 1.29. The highest BCUT2D eigenvalue weighted by molar-refractivity contribution is 6.34. The van der Waals surface area contributed by atoms with Crippen LogP contribution in [0, 0.1) is 0 Å². The topological polar surface area (TPSA) is 50.7 Å². The van der Waals surface area contributed by atoms with E-state index in [4.69, 9.17) is 17.4 Å². The molecule has 0 aromatic rings. The summed E-state index contributed by atoms with van der Waals surface area (Å²) in [4.78, 5) is 3.81. The standard InChI is InChI=1S/C5H6ClN3/c6-4-2-1-3-8-5(4)9-7/h1-4H,7H2/b9-5-. The number of dihydropyridines is 1. The Morgan fingerprint density at radius 2 is 2.56 bits per heavy atom. The summed E-state index contributed by atoms with van der Waals surface area (Å²) in [5, 5.41) is 3.10. The van der Waals surface area contributed by atoms with Crippen molar-refractivity contribution in [3.8, 4) is 0 Å². The molecule has 0 aromatic heterocycles. The van der Waals surface area contributed by atoms with E-state index in [-0.39, 0.29) is 5.38 Å². The van der Waals surface area contributed by atoms with Crippen LogP contribution in [-0.4, -0.2) is 17.4 Å². The van der Waals surface area contributed by atoms with E-state index in [1.807, 2.05) is 0 Å². The van der Waals surface area contributed by atoms with E-state index in [0.29, 0.717) is 5.84 Å². The molecule has 0 saturated heterocycles. The predicted molar refractivity (Wildman–Crippen MR) is 38.9 cm³/mol. The summed E-state index contributed by atoms with van der Waals surface area (Å²) >= 11 is 5.67. The molecular formula is C5H6ClN3. The Hall–Kier alpha value is -0.830. The van der Waals surface area contributed by atoms with Crippen LogP contribution < -0.4 is 5.84 Å². The highest BCUT2D eigenvalue weighted by atomic mass is 35.5. The van der Waals surface area contributed by atoms with Crippen LogP contribution in [0.3, 0.4) is 0 Å². The molecule has 0 fully saturated rings. The van der Waals surface area contributed by atoms with E-state index in [2.05, 4.69) is 10.1 Å². The van der Waals surface area contributed by atoms with Crippen LogP contribution in [-0.2, 0) is 0 Å². The van der Waals surface area contributed by atoms with Gasteiger partial charge in [0.2, 0.25) is 0 Å². The number of halogens is 1. The van der Waals surface area contributed by atoms with Crippen molar-refractivity contribution >= 4 is 23.7 Å². The Labute approximate surface area is 57.9 Å². The van der Waals surface area contributed by atoms with Gasteiger partial charge in [-0.3, -0.25) is 0 Å².